The van der Waals surface area contributed by atoms with Crippen LogP contribution in [0.1, 0.15) is 54.2 Å². The molecule has 5 N–H and O–H groups in total. The highest BCUT2D eigenvalue weighted by Gasteiger charge is 2.25. The van der Waals surface area contributed by atoms with Crippen molar-refractivity contribution >= 4 is 17.4 Å². The van der Waals surface area contributed by atoms with Crippen LogP contribution in [0.15, 0.2) is 36.5 Å². The maximum Gasteiger partial charge on any atom is 0.224 e. The van der Waals surface area contributed by atoms with E-state index in [0.29, 0.717) is 24.2 Å². The van der Waals surface area contributed by atoms with Crippen molar-refractivity contribution in [2.45, 2.75) is 39.2 Å². The summed E-state index contributed by atoms with van der Waals surface area (Å²) in [5.74, 6) is -2.91. The molecule has 1 aromatic heterocycles. The molecule has 0 saturated heterocycles. The number of carbonyl (C=O) groups excluding carboxylic acids is 2. The van der Waals surface area contributed by atoms with Gasteiger partial charge in [-0.1, -0.05) is 19.1 Å². The number of carbonyl (C=O) groups is 2. The van der Waals surface area contributed by atoms with Crippen LogP contribution in [-0.2, 0) is 11.3 Å². The van der Waals surface area contributed by atoms with Crippen LogP contribution in [0.2, 0.25) is 0 Å². The Bertz CT molecular complexity index is 1140. The Balaban J connectivity index is 1.62. The lowest BCUT2D eigenvalue weighted by Gasteiger charge is -2.13. The Morgan fingerprint density at radius 3 is 2.38 bits per heavy atom. The normalized spacial score (nSPS) is 11.0. The van der Waals surface area contributed by atoms with E-state index in [1.807, 2.05) is 0 Å². The van der Waals surface area contributed by atoms with Crippen molar-refractivity contribution in [2.24, 2.45) is 0 Å². The topological polar surface area (TPSA) is 158 Å². The van der Waals surface area contributed by atoms with Gasteiger partial charge in [0.05, 0.1) is 11.8 Å². The van der Waals surface area contributed by atoms with Gasteiger partial charge >= 0.3 is 0 Å². The number of phenolic OH excluding ortho intramolecular Hbond substituents is 4. The molecule has 32 heavy (non-hydrogen) atoms. The fourth-order valence-corrected chi connectivity index (χ4v) is 3.10. The second kappa shape index (κ2) is 9.38. The number of amides is 1. The molecule has 10 nitrogen and oxygen atoms in total. The average Bonchev–Trinajstić information content (AvgIpc) is 3.22. The number of benzene rings is 2. The van der Waals surface area contributed by atoms with Crippen LogP contribution < -0.4 is 5.32 Å². The highest BCUT2D eigenvalue weighted by molar-refractivity contribution is 6.10. The van der Waals surface area contributed by atoms with Gasteiger partial charge in [0, 0.05) is 24.2 Å². The molecule has 168 valence electrons. The van der Waals surface area contributed by atoms with E-state index < -0.39 is 23.0 Å². The first-order chi connectivity index (χ1) is 15.2. The molecule has 1 heterocycles. The molecule has 0 atom stereocenters. The van der Waals surface area contributed by atoms with Gasteiger partial charge in [0.1, 0.15) is 5.75 Å². The van der Waals surface area contributed by atoms with Gasteiger partial charge in [-0.05, 0) is 42.7 Å². The molecule has 1 amide bonds. The number of phenols is 4. The standard InChI is InChI=1S/C22H24N4O6/c1-12(2)15-10-16(21(31)22(32)20(15)30)19(29)17-11-26(25-24-17)9-3-4-18(28)23-13-5-7-14(27)8-6-13/h5-8,10-12,27,30-32H,3-4,9H2,1-2H3,(H,23,28). The van der Waals surface area contributed by atoms with Gasteiger partial charge in [-0.15, -0.1) is 5.10 Å². The third kappa shape index (κ3) is 4.97. The van der Waals surface area contributed by atoms with Crippen LogP contribution in [0.3, 0.4) is 0 Å². The Kier molecular flexibility index (Phi) is 6.62. The number of aromatic hydroxyl groups is 4. The van der Waals surface area contributed by atoms with Crippen molar-refractivity contribution < 1.29 is 30.0 Å². The summed E-state index contributed by atoms with van der Waals surface area (Å²) in [6, 6.07) is 7.44. The van der Waals surface area contributed by atoms with Crippen molar-refractivity contribution in [3.8, 4) is 23.0 Å². The van der Waals surface area contributed by atoms with Crippen LogP contribution in [0, 0.1) is 0 Å². The molecule has 3 aromatic rings. The third-order valence-electron chi connectivity index (χ3n) is 4.86. The first-order valence-corrected chi connectivity index (χ1v) is 9.99. The second-order valence-corrected chi connectivity index (χ2v) is 7.61. The fraction of sp³-hybridized carbons (Fsp3) is 0.273. The smallest absolute Gasteiger partial charge is 0.224 e. The lowest BCUT2D eigenvalue weighted by Crippen LogP contribution is -2.12. The van der Waals surface area contributed by atoms with E-state index in [-0.39, 0.29) is 35.3 Å². The monoisotopic (exact) mass is 440 g/mol. The van der Waals surface area contributed by atoms with Crippen molar-refractivity contribution in [1.82, 2.24) is 15.0 Å². The zero-order chi connectivity index (χ0) is 23.4. The van der Waals surface area contributed by atoms with E-state index in [2.05, 4.69) is 15.6 Å². The molecule has 10 heteroatoms. The van der Waals surface area contributed by atoms with Crippen LogP contribution in [0.25, 0.3) is 0 Å². The molecule has 0 bridgehead atoms. The van der Waals surface area contributed by atoms with Crippen LogP contribution in [0.4, 0.5) is 5.69 Å². The maximum absolute atomic E-state index is 12.8. The van der Waals surface area contributed by atoms with Gasteiger partial charge in [-0.3, -0.25) is 14.3 Å². The fourth-order valence-electron chi connectivity index (χ4n) is 3.10. The largest absolute Gasteiger partial charge is 0.508 e. The maximum atomic E-state index is 12.8. The van der Waals surface area contributed by atoms with E-state index in [9.17, 15) is 30.0 Å². The van der Waals surface area contributed by atoms with Gasteiger partial charge in [-0.2, -0.15) is 0 Å². The Morgan fingerprint density at radius 1 is 1.03 bits per heavy atom. The number of nitrogens with one attached hydrogen (secondary N) is 1. The van der Waals surface area contributed by atoms with Crippen LogP contribution >= 0.6 is 0 Å². The first kappa shape index (κ1) is 22.6. The summed E-state index contributed by atoms with van der Waals surface area (Å²) in [5, 5.41) is 49.7. The van der Waals surface area contributed by atoms with Gasteiger partial charge in [-0.25, -0.2) is 0 Å². The molecule has 3 rings (SSSR count). The molecule has 0 spiro atoms. The zero-order valence-electron chi connectivity index (χ0n) is 17.6. The first-order valence-electron chi connectivity index (χ1n) is 9.99. The number of hydrogen-bond donors (Lipinski definition) is 5. The molecule has 0 radical (unpaired) electrons. The second-order valence-electron chi connectivity index (χ2n) is 7.61. The lowest BCUT2D eigenvalue weighted by molar-refractivity contribution is -0.116. The summed E-state index contributed by atoms with van der Waals surface area (Å²) >= 11 is 0. The minimum Gasteiger partial charge on any atom is -0.508 e. The quantitative estimate of drug-likeness (QED) is 0.203. The lowest BCUT2D eigenvalue weighted by atomic mass is 9.96. The van der Waals surface area contributed by atoms with Crippen molar-refractivity contribution in [3.05, 3.63) is 53.3 Å². The Hall–Kier alpha value is -4.08. The minimum absolute atomic E-state index is 0.0476. The van der Waals surface area contributed by atoms with Gasteiger partial charge in [0.2, 0.25) is 17.4 Å². The van der Waals surface area contributed by atoms with Gasteiger partial charge < -0.3 is 25.7 Å². The summed E-state index contributed by atoms with van der Waals surface area (Å²) in [4.78, 5) is 24.8. The van der Waals surface area contributed by atoms with E-state index in [1.165, 1.54) is 29.1 Å². The summed E-state index contributed by atoms with van der Waals surface area (Å²) in [7, 11) is 0. The zero-order valence-corrected chi connectivity index (χ0v) is 17.6. The molecule has 0 saturated carbocycles. The summed E-state index contributed by atoms with van der Waals surface area (Å²) < 4.78 is 1.40. The molecule has 0 aliphatic heterocycles. The van der Waals surface area contributed by atoms with Gasteiger partial charge in [0.25, 0.3) is 0 Å². The van der Waals surface area contributed by atoms with Crippen LogP contribution in [0.5, 0.6) is 23.0 Å². The highest BCUT2D eigenvalue weighted by Crippen LogP contribution is 2.43. The minimum atomic E-state index is -0.758. The number of anilines is 1. The number of nitrogens with zero attached hydrogens (tertiary/aromatic N) is 3. The molecule has 0 fully saturated rings. The van der Waals surface area contributed by atoms with Crippen molar-refractivity contribution in [3.63, 3.8) is 0 Å². The third-order valence-corrected chi connectivity index (χ3v) is 4.86. The van der Waals surface area contributed by atoms with Crippen molar-refractivity contribution in [2.75, 3.05) is 5.32 Å². The number of ketones is 1. The number of aromatic nitrogens is 3. The predicted octanol–water partition coefficient (Wildman–Crippen LogP) is 2.87. The molecule has 2 aromatic carbocycles. The van der Waals surface area contributed by atoms with Gasteiger partial charge in [0.15, 0.2) is 17.2 Å². The number of hydrogen-bond acceptors (Lipinski definition) is 8. The average molecular weight is 440 g/mol. The molecule has 0 aliphatic carbocycles. The molecular formula is C22H24N4O6. The summed E-state index contributed by atoms with van der Waals surface area (Å²) in [6.45, 7) is 3.87. The van der Waals surface area contributed by atoms with Crippen molar-refractivity contribution in [1.29, 1.82) is 0 Å². The van der Waals surface area contributed by atoms with E-state index in [0.717, 1.165) is 0 Å². The van der Waals surface area contributed by atoms with E-state index in [1.54, 1.807) is 26.0 Å². The van der Waals surface area contributed by atoms with E-state index >= 15 is 0 Å². The number of aryl methyl sites for hydroxylation is 1. The highest BCUT2D eigenvalue weighted by atomic mass is 16.3. The Labute approximate surface area is 183 Å². The van der Waals surface area contributed by atoms with Crippen LogP contribution in [-0.4, -0.2) is 47.1 Å². The molecule has 0 aliphatic rings. The summed E-state index contributed by atoms with van der Waals surface area (Å²) in [6.07, 6.45) is 2.02. The number of rotatable bonds is 8. The van der Waals surface area contributed by atoms with E-state index in [4.69, 9.17) is 0 Å². The molecule has 0 unspecified atom stereocenters. The molecular weight excluding hydrogens is 416 g/mol. The SMILES string of the molecule is CC(C)c1cc(C(=O)c2cn(CCCC(=O)Nc3ccc(O)cc3)nn2)c(O)c(O)c1O. The Morgan fingerprint density at radius 2 is 1.72 bits per heavy atom. The predicted molar refractivity (Wildman–Crippen MR) is 115 cm³/mol. The summed E-state index contributed by atoms with van der Waals surface area (Å²) in [5.41, 5.74) is 0.646.